The van der Waals surface area contributed by atoms with Crippen LogP contribution in [0.15, 0.2) is 36.4 Å². The van der Waals surface area contributed by atoms with Crippen molar-refractivity contribution >= 4 is 35.2 Å². The van der Waals surface area contributed by atoms with Gasteiger partial charge in [0.05, 0.1) is 14.2 Å². The number of ether oxygens (including phenoxy) is 2. The van der Waals surface area contributed by atoms with Crippen molar-refractivity contribution in [1.82, 2.24) is 10.2 Å². The van der Waals surface area contributed by atoms with E-state index in [1.807, 2.05) is 12.1 Å². The first-order valence-electron chi connectivity index (χ1n) is 10.4. The van der Waals surface area contributed by atoms with Gasteiger partial charge in [0.2, 0.25) is 5.91 Å². The van der Waals surface area contributed by atoms with Crippen LogP contribution >= 0.6 is 23.2 Å². The van der Waals surface area contributed by atoms with E-state index in [-0.39, 0.29) is 6.42 Å². The zero-order valence-corrected chi connectivity index (χ0v) is 21.0. The van der Waals surface area contributed by atoms with Gasteiger partial charge in [0, 0.05) is 28.5 Å². The average Bonchev–Trinajstić information content (AvgIpc) is 2.73. The van der Waals surface area contributed by atoms with Gasteiger partial charge < -0.3 is 19.9 Å². The second-order valence-electron chi connectivity index (χ2n) is 8.51. The highest BCUT2D eigenvalue weighted by atomic mass is 35.5. The van der Waals surface area contributed by atoms with Gasteiger partial charge in [-0.2, -0.15) is 0 Å². The Morgan fingerprint density at radius 3 is 2.27 bits per heavy atom. The molecule has 2 rings (SSSR count). The zero-order chi connectivity index (χ0) is 24.8. The fraction of sp³-hybridized carbons (Fsp3) is 0.417. The van der Waals surface area contributed by atoms with Crippen molar-refractivity contribution in [3.05, 3.63) is 57.6 Å². The van der Waals surface area contributed by atoms with E-state index in [9.17, 15) is 14.7 Å². The molecule has 0 saturated carbocycles. The Morgan fingerprint density at radius 1 is 1.06 bits per heavy atom. The van der Waals surface area contributed by atoms with Crippen LogP contribution in [0.25, 0.3) is 0 Å². The van der Waals surface area contributed by atoms with Gasteiger partial charge in [-0.05, 0) is 62.6 Å². The summed E-state index contributed by atoms with van der Waals surface area (Å²) in [6.45, 7) is 5.55. The number of nitrogens with one attached hydrogen (secondary N) is 1. The number of carbonyl (C=O) groups is 2. The van der Waals surface area contributed by atoms with E-state index in [1.54, 1.807) is 59.3 Å². The number of rotatable bonds is 9. The maximum atomic E-state index is 13.2. The Kier molecular flexibility index (Phi) is 9.25. The van der Waals surface area contributed by atoms with Gasteiger partial charge >= 0.3 is 6.09 Å². The third-order valence-electron chi connectivity index (χ3n) is 5.13. The van der Waals surface area contributed by atoms with E-state index in [4.69, 9.17) is 32.7 Å². The normalized spacial score (nSPS) is 12.1. The lowest BCUT2D eigenvalue weighted by Gasteiger charge is -2.39. The predicted octanol–water partition coefficient (Wildman–Crippen LogP) is 5.06. The summed E-state index contributed by atoms with van der Waals surface area (Å²) >= 11 is 12.3. The molecule has 180 valence electrons. The molecule has 0 fully saturated rings. The fourth-order valence-corrected chi connectivity index (χ4v) is 4.05. The Morgan fingerprint density at radius 2 is 1.73 bits per heavy atom. The second-order valence-corrected chi connectivity index (χ2v) is 9.35. The van der Waals surface area contributed by atoms with Crippen LogP contribution in [0.4, 0.5) is 4.79 Å². The number of carboxylic acid groups (broad SMARTS) is 1. The van der Waals surface area contributed by atoms with Gasteiger partial charge in [0.25, 0.3) is 0 Å². The molecule has 9 heteroatoms. The number of carbonyl (C=O) groups excluding carboxylic acids is 1. The van der Waals surface area contributed by atoms with Crippen LogP contribution in [-0.4, -0.2) is 54.4 Å². The number of hydrogen-bond acceptors (Lipinski definition) is 4. The molecule has 2 aromatic carbocycles. The standard InChI is InChI=1S/C24H30Cl2N2O5/c1-24(2,3)28(23(30)31)19(13-16-7-8-17(25)14-18(16)26)22(29)27-11-10-15-6-9-20(32-4)21(12-15)33-5/h6-9,12,14,19H,10-11,13H2,1-5H3,(H,27,29)(H,30,31). The lowest BCUT2D eigenvalue weighted by Crippen LogP contribution is -2.57. The van der Waals surface area contributed by atoms with Gasteiger partial charge in [-0.25, -0.2) is 4.79 Å². The van der Waals surface area contributed by atoms with E-state index in [0.717, 1.165) is 10.5 Å². The minimum absolute atomic E-state index is 0.113. The molecular weight excluding hydrogens is 467 g/mol. The van der Waals surface area contributed by atoms with Crippen molar-refractivity contribution in [2.45, 2.75) is 45.2 Å². The number of amides is 2. The lowest BCUT2D eigenvalue weighted by atomic mass is 9.97. The monoisotopic (exact) mass is 496 g/mol. The Hall–Kier alpha value is -2.64. The molecule has 0 aliphatic carbocycles. The van der Waals surface area contributed by atoms with Gasteiger partial charge in [0.1, 0.15) is 6.04 Å². The number of halogens is 2. The summed E-state index contributed by atoms with van der Waals surface area (Å²) in [5.41, 5.74) is 0.767. The number of hydrogen-bond donors (Lipinski definition) is 2. The van der Waals surface area contributed by atoms with Crippen molar-refractivity contribution in [1.29, 1.82) is 0 Å². The molecule has 0 radical (unpaired) electrons. The third-order valence-corrected chi connectivity index (χ3v) is 5.72. The molecule has 33 heavy (non-hydrogen) atoms. The first-order chi connectivity index (χ1) is 15.5. The van der Waals surface area contributed by atoms with Crippen molar-refractivity contribution < 1.29 is 24.2 Å². The van der Waals surface area contributed by atoms with E-state index in [2.05, 4.69) is 5.32 Å². The average molecular weight is 497 g/mol. The Labute approximate surface area is 204 Å². The quantitative estimate of drug-likeness (QED) is 0.506. The molecule has 1 atom stereocenters. The number of benzene rings is 2. The minimum atomic E-state index is -1.19. The topological polar surface area (TPSA) is 88.1 Å². The molecule has 0 heterocycles. The summed E-state index contributed by atoms with van der Waals surface area (Å²) in [7, 11) is 3.12. The molecule has 2 aromatic rings. The summed E-state index contributed by atoms with van der Waals surface area (Å²) < 4.78 is 10.6. The van der Waals surface area contributed by atoms with Crippen LogP contribution < -0.4 is 14.8 Å². The van der Waals surface area contributed by atoms with Crippen LogP contribution in [0.3, 0.4) is 0 Å². The van der Waals surface area contributed by atoms with Gasteiger partial charge in [-0.1, -0.05) is 35.3 Å². The molecule has 0 aliphatic rings. The third kappa shape index (κ3) is 7.17. The summed E-state index contributed by atoms with van der Waals surface area (Å²) in [5, 5.41) is 13.6. The summed E-state index contributed by atoms with van der Waals surface area (Å²) in [4.78, 5) is 26.5. The molecule has 0 aromatic heterocycles. The number of methoxy groups -OCH3 is 2. The van der Waals surface area contributed by atoms with Crippen molar-refractivity contribution in [2.75, 3.05) is 20.8 Å². The molecule has 0 spiro atoms. The highest BCUT2D eigenvalue weighted by Crippen LogP contribution is 2.28. The highest BCUT2D eigenvalue weighted by molar-refractivity contribution is 6.35. The Balaban J connectivity index is 2.21. The van der Waals surface area contributed by atoms with E-state index >= 15 is 0 Å². The van der Waals surface area contributed by atoms with Crippen LogP contribution in [0, 0.1) is 0 Å². The first kappa shape index (κ1) is 26.6. The fourth-order valence-electron chi connectivity index (χ4n) is 3.57. The van der Waals surface area contributed by atoms with Crippen molar-refractivity contribution in [3.8, 4) is 11.5 Å². The smallest absolute Gasteiger partial charge is 0.408 e. The second kappa shape index (κ2) is 11.5. The van der Waals surface area contributed by atoms with E-state index in [0.29, 0.717) is 40.1 Å². The maximum absolute atomic E-state index is 13.2. The van der Waals surface area contributed by atoms with Crippen molar-refractivity contribution in [2.24, 2.45) is 0 Å². The Bertz CT molecular complexity index is 991. The highest BCUT2D eigenvalue weighted by Gasteiger charge is 2.37. The van der Waals surface area contributed by atoms with E-state index in [1.165, 1.54) is 0 Å². The zero-order valence-electron chi connectivity index (χ0n) is 19.4. The molecule has 2 amide bonds. The van der Waals surface area contributed by atoms with Crippen LogP contribution in [0.2, 0.25) is 10.0 Å². The van der Waals surface area contributed by atoms with Crippen molar-refractivity contribution in [3.63, 3.8) is 0 Å². The molecule has 0 bridgehead atoms. The van der Waals surface area contributed by atoms with Crippen LogP contribution in [0.1, 0.15) is 31.9 Å². The van der Waals surface area contributed by atoms with Crippen LogP contribution in [0.5, 0.6) is 11.5 Å². The summed E-state index contributed by atoms with van der Waals surface area (Å²) in [6.07, 6.45) is -0.544. The first-order valence-corrected chi connectivity index (χ1v) is 11.2. The predicted molar refractivity (Wildman–Crippen MR) is 130 cm³/mol. The van der Waals surface area contributed by atoms with Crippen LogP contribution in [-0.2, 0) is 17.6 Å². The SMILES string of the molecule is COc1ccc(CCNC(=O)C(Cc2ccc(Cl)cc2Cl)N(C(=O)O)C(C)(C)C)cc1OC. The summed E-state index contributed by atoms with van der Waals surface area (Å²) in [6, 6.07) is 9.49. The largest absolute Gasteiger partial charge is 0.493 e. The molecule has 2 N–H and O–H groups in total. The summed E-state index contributed by atoms with van der Waals surface area (Å²) in [5.74, 6) is 0.813. The molecular formula is C24H30Cl2N2O5. The molecule has 0 aliphatic heterocycles. The minimum Gasteiger partial charge on any atom is -0.493 e. The molecule has 1 unspecified atom stereocenters. The van der Waals surface area contributed by atoms with Gasteiger partial charge in [-0.15, -0.1) is 0 Å². The lowest BCUT2D eigenvalue weighted by molar-refractivity contribution is -0.127. The van der Waals surface area contributed by atoms with Gasteiger partial charge in [0.15, 0.2) is 11.5 Å². The van der Waals surface area contributed by atoms with Gasteiger partial charge in [-0.3, -0.25) is 9.69 Å². The molecule has 0 saturated heterocycles. The molecule has 7 nitrogen and oxygen atoms in total. The number of nitrogens with zero attached hydrogens (tertiary/aromatic N) is 1. The van der Waals surface area contributed by atoms with E-state index < -0.39 is 23.6 Å². The maximum Gasteiger partial charge on any atom is 0.408 e.